The summed E-state index contributed by atoms with van der Waals surface area (Å²) < 4.78 is 0. The molecule has 2 aromatic heterocycles. The van der Waals surface area contributed by atoms with Gasteiger partial charge in [0.05, 0.1) is 17.6 Å². The molecule has 0 spiro atoms. The molecule has 1 atom stereocenters. The van der Waals surface area contributed by atoms with E-state index in [1.54, 1.807) is 18.3 Å². The molecular formula is C12H14N2O3S2. The summed E-state index contributed by atoms with van der Waals surface area (Å²) in [4.78, 5) is 14.3. The SMILES string of the molecule is C[C@H](O)c1cc([N+](=O)[O-])c(N(C)Cc2cccs2)s1. The molecule has 0 aliphatic carbocycles. The van der Waals surface area contributed by atoms with E-state index < -0.39 is 11.0 Å². The Balaban J connectivity index is 2.29. The number of hydrogen-bond acceptors (Lipinski definition) is 6. The first-order chi connectivity index (χ1) is 8.99. The Labute approximate surface area is 118 Å². The zero-order valence-corrected chi connectivity index (χ0v) is 12.2. The summed E-state index contributed by atoms with van der Waals surface area (Å²) >= 11 is 2.88. The van der Waals surface area contributed by atoms with Crippen molar-refractivity contribution in [2.24, 2.45) is 0 Å². The highest BCUT2D eigenvalue weighted by Crippen LogP contribution is 2.40. The molecule has 7 heteroatoms. The number of anilines is 1. The van der Waals surface area contributed by atoms with Crippen molar-refractivity contribution in [3.05, 3.63) is 43.4 Å². The fraction of sp³-hybridized carbons (Fsp3) is 0.333. The molecule has 2 rings (SSSR count). The monoisotopic (exact) mass is 298 g/mol. The van der Waals surface area contributed by atoms with Gasteiger partial charge in [-0.25, -0.2) is 0 Å². The van der Waals surface area contributed by atoms with Crippen LogP contribution in [0.25, 0.3) is 0 Å². The lowest BCUT2D eigenvalue weighted by Crippen LogP contribution is -2.15. The van der Waals surface area contributed by atoms with Gasteiger partial charge in [-0.3, -0.25) is 10.1 Å². The van der Waals surface area contributed by atoms with Crippen LogP contribution in [-0.4, -0.2) is 17.1 Å². The van der Waals surface area contributed by atoms with Gasteiger partial charge < -0.3 is 10.0 Å². The molecule has 0 fully saturated rings. The van der Waals surface area contributed by atoms with Gasteiger partial charge >= 0.3 is 5.69 Å². The third kappa shape index (κ3) is 3.12. The highest BCUT2D eigenvalue weighted by atomic mass is 32.1. The van der Waals surface area contributed by atoms with Crippen LogP contribution in [0, 0.1) is 10.1 Å². The number of nitrogens with zero attached hydrogens (tertiary/aromatic N) is 2. The first-order valence-electron chi connectivity index (χ1n) is 5.68. The number of nitro groups is 1. The summed E-state index contributed by atoms with van der Waals surface area (Å²) in [5.41, 5.74) is 0.0555. The number of aliphatic hydroxyl groups excluding tert-OH is 1. The van der Waals surface area contributed by atoms with Crippen molar-refractivity contribution >= 4 is 33.4 Å². The van der Waals surface area contributed by atoms with Crippen LogP contribution in [0.15, 0.2) is 23.6 Å². The second kappa shape index (κ2) is 5.68. The maximum Gasteiger partial charge on any atom is 0.304 e. The molecule has 2 aromatic rings. The highest BCUT2D eigenvalue weighted by molar-refractivity contribution is 7.16. The minimum absolute atomic E-state index is 0.0555. The van der Waals surface area contributed by atoms with Gasteiger partial charge in [0.1, 0.15) is 0 Å². The molecule has 0 bridgehead atoms. The minimum Gasteiger partial charge on any atom is -0.388 e. The Morgan fingerprint density at radius 3 is 2.84 bits per heavy atom. The van der Waals surface area contributed by atoms with Gasteiger partial charge in [0.25, 0.3) is 0 Å². The third-order valence-electron chi connectivity index (χ3n) is 2.64. The van der Waals surface area contributed by atoms with E-state index in [0.29, 0.717) is 16.4 Å². The lowest BCUT2D eigenvalue weighted by molar-refractivity contribution is -0.383. The van der Waals surface area contributed by atoms with E-state index in [9.17, 15) is 15.2 Å². The van der Waals surface area contributed by atoms with Crippen molar-refractivity contribution in [2.75, 3.05) is 11.9 Å². The molecule has 0 saturated carbocycles. The summed E-state index contributed by atoms with van der Waals surface area (Å²) in [6.07, 6.45) is -0.687. The summed E-state index contributed by atoms with van der Waals surface area (Å²) in [5.74, 6) is 0. The first kappa shape index (κ1) is 14.0. The number of rotatable bonds is 5. The van der Waals surface area contributed by atoms with Crippen molar-refractivity contribution in [1.29, 1.82) is 0 Å². The topological polar surface area (TPSA) is 66.6 Å². The molecule has 2 heterocycles. The number of hydrogen-bond donors (Lipinski definition) is 1. The second-order valence-electron chi connectivity index (χ2n) is 4.21. The molecule has 19 heavy (non-hydrogen) atoms. The van der Waals surface area contributed by atoms with Crippen molar-refractivity contribution < 1.29 is 10.0 Å². The summed E-state index contributed by atoms with van der Waals surface area (Å²) in [6.45, 7) is 2.23. The van der Waals surface area contributed by atoms with E-state index in [2.05, 4.69) is 0 Å². The molecule has 0 saturated heterocycles. The van der Waals surface area contributed by atoms with Gasteiger partial charge in [-0.1, -0.05) is 6.07 Å². The Hall–Kier alpha value is -1.44. The van der Waals surface area contributed by atoms with Crippen LogP contribution in [-0.2, 0) is 6.54 Å². The molecule has 0 radical (unpaired) electrons. The Bertz CT molecular complexity index is 564. The van der Waals surface area contributed by atoms with Crippen molar-refractivity contribution in [1.82, 2.24) is 0 Å². The van der Waals surface area contributed by atoms with Crippen LogP contribution in [0.1, 0.15) is 22.8 Å². The normalized spacial score (nSPS) is 12.4. The first-order valence-corrected chi connectivity index (χ1v) is 7.38. The van der Waals surface area contributed by atoms with Gasteiger partial charge in [0.15, 0.2) is 5.00 Å². The molecule has 0 aliphatic rings. The standard InChI is InChI=1S/C12H14N2O3S2/c1-8(15)11-6-10(14(16)17)12(19-11)13(2)7-9-4-3-5-18-9/h3-6,8,15H,7H2,1-2H3/t8-/m0/s1. The molecule has 5 nitrogen and oxygen atoms in total. The van der Waals surface area contributed by atoms with Crippen LogP contribution in [0.5, 0.6) is 0 Å². The van der Waals surface area contributed by atoms with Gasteiger partial charge in [0, 0.05) is 22.9 Å². The Kier molecular flexibility index (Phi) is 4.18. The molecule has 0 unspecified atom stereocenters. The lowest BCUT2D eigenvalue weighted by Gasteiger charge is -2.15. The fourth-order valence-electron chi connectivity index (χ4n) is 1.71. The van der Waals surface area contributed by atoms with Gasteiger partial charge in [-0.15, -0.1) is 22.7 Å². The summed E-state index contributed by atoms with van der Waals surface area (Å²) in [6, 6.07) is 5.41. The number of aliphatic hydroxyl groups is 1. The summed E-state index contributed by atoms with van der Waals surface area (Å²) in [7, 11) is 1.82. The van der Waals surface area contributed by atoms with Crippen LogP contribution in [0.2, 0.25) is 0 Å². The average molecular weight is 298 g/mol. The summed E-state index contributed by atoms with van der Waals surface area (Å²) in [5, 5.41) is 23.2. The van der Waals surface area contributed by atoms with Gasteiger partial charge in [-0.2, -0.15) is 0 Å². The predicted molar refractivity (Wildman–Crippen MR) is 78.0 cm³/mol. The van der Waals surface area contributed by atoms with Gasteiger partial charge in [-0.05, 0) is 18.4 Å². The van der Waals surface area contributed by atoms with E-state index >= 15 is 0 Å². The van der Waals surface area contributed by atoms with Crippen LogP contribution in [0.4, 0.5) is 10.7 Å². The van der Waals surface area contributed by atoms with E-state index in [4.69, 9.17) is 0 Å². The van der Waals surface area contributed by atoms with E-state index in [1.165, 1.54) is 17.4 Å². The van der Waals surface area contributed by atoms with Crippen LogP contribution < -0.4 is 4.90 Å². The molecule has 1 N–H and O–H groups in total. The Morgan fingerprint density at radius 1 is 1.58 bits per heavy atom. The fourth-order valence-corrected chi connectivity index (χ4v) is 3.49. The van der Waals surface area contributed by atoms with E-state index in [-0.39, 0.29) is 5.69 Å². The minimum atomic E-state index is -0.687. The van der Waals surface area contributed by atoms with Crippen molar-refractivity contribution in [2.45, 2.75) is 19.6 Å². The smallest absolute Gasteiger partial charge is 0.304 e. The van der Waals surface area contributed by atoms with Crippen LogP contribution >= 0.6 is 22.7 Å². The lowest BCUT2D eigenvalue weighted by atomic mass is 10.3. The van der Waals surface area contributed by atoms with Gasteiger partial charge in [0.2, 0.25) is 0 Å². The zero-order valence-electron chi connectivity index (χ0n) is 10.6. The van der Waals surface area contributed by atoms with Crippen molar-refractivity contribution in [3.63, 3.8) is 0 Å². The van der Waals surface area contributed by atoms with E-state index in [1.807, 2.05) is 29.5 Å². The average Bonchev–Trinajstić information content (AvgIpc) is 2.96. The second-order valence-corrected chi connectivity index (χ2v) is 6.30. The predicted octanol–water partition coefficient (Wildman–Crippen LogP) is 3.41. The quantitative estimate of drug-likeness (QED) is 0.678. The maximum absolute atomic E-state index is 11.1. The zero-order chi connectivity index (χ0) is 14.0. The number of thiophene rings is 2. The molecule has 0 aromatic carbocycles. The van der Waals surface area contributed by atoms with Crippen LogP contribution in [0.3, 0.4) is 0 Å². The third-order valence-corrected chi connectivity index (χ3v) is 4.91. The largest absolute Gasteiger partial charge is 0.388 e. The molecule has 102 valence electrons. The highest BCUT2D eigenvalue weighted by Gasteiger charge is 2.23. The van der Waals surface area contributed by atoms with Crippen molar-refractivity contribution in [3.8, 4) is 0 Å². The van der Waals surface area contributed by atoms with E-state index in [0.717, 1.165) is 4.88 Å². The molecular weight excluding hydrogens is 284 g/mol. The Morgan fingerprint density at radius 2 is 2.32 bits per heavy atom. The molecule has 0 amide bonds. The molecule has 0 aliphatic heterocycles. The maximum atomic E-state index is 11.1.